The third-order valence-corrected chi connectivity index (χ3v) is 2.26. The van der Waals surface area contributed by atoms with Gasteiger partial charge in [-0.05, 0) is 20.8 Å². The normalized spacial score (nSPS) is 11.5. The van der Waals surface area contributed by atoms with Crippen molar-refractivity contribution in [3.05, 3.63) is 22.1 Å². The number of carbonyl (C=O) groups excluding carboxylic acids is 1. The summed E-state index contributed by atoms with van der Waals surface area (Å²) in [5.74, 6) is -0.656. The van der Waals surface area contributed by atoms with E-state index in [2.05, 4.69) is 5.10 Å². The molecule has 0 aliphatic carbocycles. The zero-order valence-electron chi connectivity index (χ0n) is 9.61. The van der Waals surface area contributed by atoms with Gasteiger partial charge in [-0.2, -0.15) is 0 Å². The smallest absolute Gasteiger partial charge is 0.345 e. The summed E-state index contributed by atoms with van der Waals surface area (Å²) in [5, 5.41) is 11.8. The molecule has 0 radical (unpaired) electrons. The minimum Gasteiger partial charge on any atom is -0.462 e. The van der Waals surface area contributed by atoms with E-state index in [0.717, 1.165) is 0 Å². The minimum absolute atomic E-state index is 0.0524. The van der Waals surface area contributed by atoms with Crippen molar-refractivity contribution in [2.75, 3.05) is 13.2 Å². The second-order valence-electron chi connectivity index (χ2n) is 4.02. The lowest BCUT2D eigenvalue weighted by atomic mass is 10.1. The number of rotatable bonds is 4. The highest BCUT2D eigenvalue weighted by Gasteiger charge is 2.25. The molecule has 0 aliphatic heterocycles. The molecular formula is C10H16N2O4. The summed E-state index contributed by atoms with van der Waals surface area (Å²) in [5.41, 5.74) is -1.32. The Kier molecular flexibility index (Phi) is 3.54. The lowest BCUT2D eigenvalue weighted by Gasteiger charge is -2.22. The Morgan fingerprint density at radius 1 is 1.62 bits per heavy atom. The van der Waals surface area contributed by atoms with Crippen molar-refractivity contribution in [3.63, 3.8) is 0 Å². The molecule has 0 atom stereocenters. The highest BCUT2D eigenvalue weighted by Crippen LogP contribution is 2.10. The van der Waals surface area contributed by atoms with Crippen LogP contribution < -0.4 is 5.56 Å². The van der Waals surface area contributed by atoms with E-state index in [1.54, 1.807) is 20.8 Å². The first-order valence-corrected chi connectivity index (χ1v) is 5.03. The van der Waals surface area contributed by atoms with Crippen LogP contribution in [0.4, 0.5) is 0 Å². The maximum atomic E-state index is 11.8. The Hall–Kier alpha value is -1.56. The molecule has 1 aromatic heterocycles. The number of hydrogen-bond acceptors (Lipinski definition) is 4. The van der Waals surface area contributed by atoms with Crippen molar-refractivity contribution in [1.29, 1.82) is 0 Å². The van der Waals surface area contributed by atoms with Crippen LogP contribution in [-0.4, -0.2) is 34.1 Å². The van der Waals surface area contributed by atoms with E-state index in [-0.39, 0.29) is 18.8 Å². The van der Waals surface area contributed by atoms with Crippen molar-refractivity contribution in [2.24, 2.45) is 0 Å². The first kappa shape index (κ1) is 12.5. The molecule has 1 aromatic rings. The fourth-order valence-electron chi connectivity index (χ4n) is 1.25. The van der Waals surface area contributed by atoms with Gasteiger partial charge in [-0.1, -0.05) is 0 Å². The lowest BCUT2D eigenvalue weighted by Crippen LogP contribution is -2.39. The first-order valence-electron chi connectivity index (χ1n) is 5.03. The molecule has 90 valence electrons. The van der Waals surface area contributed by atoms with Gasteiger partial charge < -0.3 is 14.9 Å². The molecule has 16 heavy (non-hydrogen) atoms. The lowest BCUT2D eigenvalue weighted by molar-refractivity contribution is 0.0524. The summed E-state index contributed by atoms with van der Waals surface area (Å²) in [6.45, 7) is 5.03. The van der Waals surface area contributed by atoms with Gasteiger partial charge in [0.25, 0.3) is 5.56 Å². The number of nitrogens with zero attached hydrogens (tertiary/aromatic N) is 1. The number of aromatic amines is 1. The molecule has 0 spiro atoms. The van der Waals surface area contributed by atoms with E-state index < -0.39 is 17.1 Å². The van der Waals surface area contributed by atoms with E-state index in [0.29, 0.717) is 0 Å². The van der Waals surface area contributed by atoms with E-state index in [1.165, 1.54) is 10.9 Å². The van der Waals surface area contributed by atoms with Gasteiger partial charge in [-0.15, -0.1) is 0 Å². The van der Waals surface area contributed by atoms with E-state index in [9.17, 15) is 9.59 Å². The SMILES string of the molecule is CCOC(=O)c1c[nH]n(C(C)(C)CO)c1=O. The predicted octanol–water partition coefficient (Wildman–Crippen LogP) is 0.0805. The molecular weight excluding hydrogens is 212 g/mol. The molecule has 1 rings (SSSR count). The largest absolute Gasteiger partial charge is 0.462 e. The van der Waals surface area contributed by atoms with E-state index in [4.69, 9.17) is 9.84 Å². The third kappa shape index (κ3) is 2.16. The summed E-state index contributed by atoms with van der Waals surface area (Å²) in [6, 6.07) is 0. The van der Waals surface area contributed by atoms with Crippen LogP contribution in [0.5, 0.6) is 0 Å². The molecule has 1 heterocycles. The topological polar surface area (TPSA) is 84.3 Å². The van der Waals surface area contributed by atoms with Crippen LogP contribution >= 0.6 is 0 Å². The molecule has 0 bridgehead atoms. The Morgan fingerprint density at radius 2 is 2.25 bits per heavy atom. The number of H-pyrrole nitrogens is 1. The van der Waals surface area contributed by atoms with Crippen LogP contribution in [0, 0.1) is 0 Å². The van der Waals surface area contributed by atoms with E-state index >= 15 is 0 Å². The molecule has 0 aromatic carbocycles. The number of aromatic nitrogens is 2. The number of esters is 1. The van der Waals surface area contributed by atoms with Gasteiger partial charge in [0.1, 0.15) is 5.56 Å². The highest BCUT2D eigenvalue weighted by atomic mass is 16.5. The molecule has 0 saturated carbocycles. The molecule has 0 amide bonds. The molecule has 0 saturated heterocycles. The van der Waals surface area contributed by atoms with Crippen molar-refractivity contribution < 1.29 is 14.6 Å². The molecule has 0 aliphatic rings. The summed E-state index contributed by atoms with van der Waals surface area (Å²) in [6.07, 6.45) is 1.29. The van der Waals surface area contributed by atoms with Gasteiger partial charge in [0.2, 0.25) is 0 Å². The number of nitrogens with one attached hydrogen (secondary N) is 1. The Bertz CT molecular complexity index is 430. The summed E-state index contributed by atoms with van der Waals surface area (Å²) >= 11 is 0. The van der Waals surface area contributed by atoms with Gasteiger partial charge in [0.15, 0.2) is 0 Å². The van der Waals surface area contributed by atoms with Crippen LogP contribution in [-0.2, 0) is 10.3 Å². The third-order valence-electron chi connectivity index (χ3n) is 2.26. The minimum atomic E-state index is -0.776. The molecule has 6 heteroatoms. The van der Waals surface area contributed by atoms with Gasteiger partial charge in [-0.3, -0.25) is 4.79 Å². The Balaban J connectivity index is 3.11. The number of hydrogen-bond donors (Lipinski definition) is 2. The number of carbonyl (C=O) groups is 1. The van der Waals surface area contributed by atoms with Gasteiger partial charge in [0, 0.05) is 6.20 Å². The zero-order chi connectivity index (χ0) is 12.3. The average Bonchev–Trinajstić information content (AvgIpc) is 2.61. The fraction of sp³-hybridized carbons (Fsp3) is 0.600. The zero-order valence-corrected chi connectivity index (χ0v) is 9.61. The van der Waals surface area contributed by atoms with Crippen LogP contribution in [0.15, 0.2) is 11.0 Å². The van der Waals surface area contributed by atoms with Crippen LogP contribution in [0.25, 0.3) is 0 Å². The predicted molar refractivity (Wildman–Crippen MR) is 57.4 cm³/mol. The van der Waals surface area contributed by atoms with Crippen molar-refractivity contribution in [1.82, 2.24) is 9.78 Å². The van der Waals surface area contributed by atoms with Gasteiger partial charge in [0.05, 0.1) is 18.8 Å². The van der Waals surface area contributed by atoms with E-state index in [1.807, 2.05) is 0 Å². The summed E-state index contributed by atoms with van der Waals surface area (Å²) in [4.78, 5) is 23.2. The van der Waals surface area contributed by atoms with Gasteiger partial charge in [-0.25, -0.2) is 9.48 Å². The van der Waals surface area contributed by atoms with Crippen LogP contribution in [0.1, 0.15) is 31.1 Å². The molecule has 0 unspecified atom stereocenters. The second kappa shape index (κ2) is 4.52. The molecule has 0 fully saturated rings. The number of aliphatic hydroxyl groups is 1. The maximum Gasteiger partial charge on any atom is 0.345 e. The summed E-state index contributed by atoms with van der Waals surface area (Å²) < 4.78 is 5.94. The Morgan fingerprint density at radius 3 is 2.75 bits per heavy atom. The quantitative estimate of drug-likeness (QED) is 0.715. The van der Waals surface area contributed by atoms with Crippen LogP contribution in [0.3, 0.4) is 0 Å². The highest BCUT2D eigenvalue weighted by molar-refractivity contribution is 5.88. The molecule has 2 N–H and O–H groups in total. The average molecular weight is 228 g/mol. The number of ether oxygens (including phenoxy) is 1. The standard InChI is InChI=1S/C10H16N2O4/c1-4-16-9(15)7-5-11-12(8(7)14)10(2,3)6-13/h5,11,13H,4,6H2,1-3H3. The maximum absolute atomic E-state index is 11.8. The van der Waals surface area contributed by atoms with Crippen LogP contribution in [0.2, 0.25) is 0 Å². The Labute approximate surface area is 92.8 Å². The van der Waals surface area contributed by atoms with Gasteiger partial charge >= 0.3 is 5.97 Å². The number of aliphatic hydroxyl groups excluding tert-OH is 1. The van der Waals surface area contributed by atoms with Crippen molar-refractivity contribution >= 4 is 5.97 Å². The van der Waals surface area contributed by atoms with Crippen molar-refractivity contribution in [2.45, 2.75) is 26.3 Å². The second-order valence-corrected chi connectivity index (χ2v) is 4.02. The fourth-order valence-corrected chi connectivity index (χ4v) is 1.25. The summed E-state index contributed by atoms with van der Waals surface area (Å²) in [7, 11) is 0. The monoisotopic (exact) mass is 228 g/mol. The van der Waals surface area contributed by atoms with Crippen molar-refractivity contribution in [3.8, 4) is 0 Å². The molecule has 6 nitrogen and oxygen atoms in total. The first-order chi connectivity index (χ1) is 7.44.